The van der Waals surface area contributed by atoms with Crippen LogP contribution in [-0.2, 0) is 10.3 Å². The van der Waals surface area contributed by atoms with Crippen LogP contribution < -0.4 is 4.90 Å². The molecule has 3 rings (SSSR count). The number of nitrogens with zero attached hydrogens (tertiary/aromatic N) is 2. The van der Waals surface area contributed by atoms with Crippen molar-refractivity contribution in [2.45, 2.75) is 18.4 Å². The first kappa shape index (κ1) is 12.4. The van der Waals surface area contributed by atoms with Gasteiger partial charge in [-0.15, -0.1) is 0 Å². The van der Waals surface area contributed by atoms with E-state index >= 15 is 0 Å². The summed E-state index contributed by atoms with van der Waals surface area (Å²) < 4.78 is 19.2. The Morgan fingerprint density at radius 2 is 1.95 bits per heavy atom. The molecule has 1 amide bonds. The Kier molecular flexibility index (Phi) is 2.74. The lowest BCUT2D eigenvalue weighted by Gasteiger charge is -2.45. The molecule has 2 heterocycles. The molecule has 1 fully saturated rings. The normalized spacial score (nSPS) is 22.3. The number of anilines is 1. The van der Waals surface area contributed by atoms with Crippen LogP contribution in [0.2, 0.25) is 0 Å². The summed E-state index contributed by atoms with van der Waals surface area (Å²) in [4.78, 5) is 15.6. The number of amides is 1. The van der Waals surface area contributed by atoms with Crippen LogP contribution in [0.25, 0.3) is 0 Å². The molecule has 4 nitrogen and oxygen atoms in total. The summed E-state index contributed by atoms with van der Waals surface area (Å²) >= 11 is 0. The average Bonchev–Trinajstić information content (AvgIpc) is 2.39. The number of carbonyl (C=O) groups is 1. The quantitative estimate of drug-likeness (QED) is 0.721. The third-order valence-corrected chi connectivity index (χ3v) is 4.16. The summed E-state index contributed by atoms with van der Waals surface area (Å²) in [7, 11) is 3.69. The molecular formula is C14H17FN2O2. The number of likely N-dealkylation sites (tertiary alicyclic amines) is 1. The Labute approximate surface area is 111 Å². The van der Waals surface area contributed by atoms with Gasteiger partial charge in [0.05, 0.1) is 5.69 Å². The molecule has 102 valence electrons. The molecule has 1 aromatic rings. The molecule has 5 heteroatoms. The molecule has 0 aliphatic carbocycles. The number of hydrogen-bond acceptors (Lipinski definition) is 3. The van der Waals surface area contributed by atoms with Crippen molar-refractivity contribution < 1.29 is 13.9 Å². The second kappa shape index (κ2) is 4.20. The third-order valence-electron chi connectivity index (χ3n) is 4.16. The van der Waals surface area contributed by atoms with E-state index in [1.165, 1.54) is 17.0 Å². The van der Waals surface area contributed by atoms with E-state index in [-0.39, 0.29) is 11.9 Å². The molecule has 2 aliphatic heterocycles. The molecule has 0 atom stereocenters. The van der Waals surface area contributed by atoms with Crippen LogP contribution in [0.3, 0.4) is 0 Å². The van der Waals surface area contributed by atoms with E-state index in [9.17, 15) is 9.18 Å². The maximum atomic E-state index is 13.6. The monoisotopic (exact) mass is 264 g/mol. The maximum absolute atomic E-state index is 13.6. The van der Waals surface area contributed by atoms with Crippen LogP contribution in [0, 0.1) is 5.82 Å². The largest absolute Gasteiger partial charge is 0.437 e. The van der Waals surface area contributed by atoms with E-state index in [1.807, 2.05) is 7.05 Å². The van der Waals surface area contributed by atoms with Crippen molar-refractivity contribution in [2.24, 2.45) is 0 Å². The molecule has 1 saturated heterocycles. The molecule has 0 bridgehead atoms. The summed E-state index contributed by atoms with van der Waals surface area (Å²) in [6.07, 6.45) is 1.06. The summed E-state index contributed by atoms with van der Waals surface area (Å²) in [6.45, 7) is 1.68. The summed E-state index contributed by atoms with van der Waals surface area (Å²) in [6, 6.07) is 4.55. The van der Waals surface area contributed by atoms with Gasteiger partial charge in [0.2, 0.25) is 0 Å². The topological polar surface area (TPSA) is 32.8 Å². The highest BCUT2D eigenvalue weighted by Crippen LogP contribution is 2.45. The van der Waals surface area contributed by atoms with E-state index < -0.39 is 5.60 Å². The van der Waals surface area contributed by atoms with Gasteiger partial charge in [0, 0.05) is 38.5 Å². The van der Waals surface area contributed by atoms with E-state index in [0.29, 0.717) is 12.8 Å². The molecule has 19 heavy (non-hydrogen) atoms. The second-order valence-corrected chi connectivity index (χ2v) is 5.39. The van der Waals surface area contributed by atoms with Crippen molar-refractivity contribution in [3.63, 3.8) is 0 Å². The predicted molar refractivity (Wildman–Crippen MR) is 69.7 cm³/mol. The summed E-state index contributed by atoms with van der Waals surface area (Å²) in [5.41, 5.74) is 0.887. The lowest BCUT2D eigenvalue weighted by atomic mass is 9.82. The van der Waals surface area contributed by atoms with Crippen LogP contribution in [0.15, 0.2) is 18.2 Å². The first-order chi connectivity index (χ1) is 9.02. The zero-order chi connectivity index (χ0) is 13.6. The molecule has 2 aliphatic rings. The van der Waals surface area contributed by atoms with Gasteiger partial charge in [0.1, 0.15) is 11.4 Å². The maximum Gasteiger partial charge on any atom is 0.414 e. The number of benzene rings is 1. The minimum absolute atomic E-state index is 0.289. The van der Waals surface area contributed by atoms with Gasteiger partial charge in [-0.3, -0.25) is 4.90 Å². The van der Waals surface area contributed by atoms with Gasteiger partial charge in [-0.25, -0.2) is 9.18 Å². The van der Waals surface area contributed by atoms with Crippen molar-refractivity contribution in [1.29, 1.82) is 0 Å². The molecule has 0 unspecified atom stereocenters. The minimum Gasteiger partial charge on any atom is -0.437 e. The van der Waals surface area contributed by atoms with Crippen molar-refractivity contribution >= 4 is 11.8 Å². The van der Waals surface area contributed by atoms with Gasteiger partial charge in [0.25, 0.3) is 0 Å². The van der Waals surface area contributed by atoms with E-state index in [4.69, 9.17) is 4.74 Å². The Balaban J connectivity index is 2.10. The number of piperidine rings is 1. The zero-order valence-corrected chi connectivity index (χ0v) is 11.1. The highest BCUT2D eigenvalue weighted by molar-refractivity contribution is 5.91. The van der Waals surface area contributed by atoms with Crippen molar-refractivity contribution in [2.75, 3.05) is 32.1 Å². The number of ether oxygens (including phenoxy) is 1. The predicted octanol–water partition coefficient (Wildman–Crippen LogP) is 2.33. The fraction of sp³-hybridized carbons (Fsp3) is 0.500. The Morgan fingerprint density at radius 3 is 2.63 bits per heavy atom. The highest BCUT2D eigenvalue weighted by atomic mass is 19.1. The molecule has 0 aromatic heterocycles. The fourth-order valence-corrected chi connectivity index (χ4v) is 2.91. The molecule has 1 spiro atoms. The number of halogens is 1. The Bertz CT molecular complexity index is 524. The summed E-state index contributed by atoms with van der Waals surface area (Å²) in [5, 5.41) is 0. The van der Waals surface area contributed by atoms with E-state index in [2.05, 4.69) is 4.90 Å². The molecule has 0 N–H and O–H groups in total. The Morgan fingerprint density at radius 1 is 1.26 bits per heavy atom. The lowest BCUT2D eigenvalue weighted by Crippen LogP contribution is -2.50. The fourth-order valence-electron chi connectivity index (χ4n) is 2.91. The number of carbonyl (C=O) groups excluding carboxylic acids is 1. The van der Waals surface area contributed by atoms with Crippen LogP contribution in [0.4, 0.5) is 14.9 Å². The molecular weight excluding hydrogens is 247 g/mol. The van der Waals surface area contributed by atoms with Gasteiger partial charge < -0.3 is 9.64 Å². The standard InChI is InChI=1S/C14H17FN2O2/c1-16-7-5-14(6-8-16)11-9-10(15)3-4-12(11)17(2)13(18)19-14/h3-4,9H,5-8H2,1-2H3. The van der Waals surface area contributed by atoms with Gasteiger partial charge in [0.15, 0.2) is 0 Å². The molecule has 0 radical (unpaired) electrons. The van der Waals surface area contributed by atoms with Crippen LogP contribution in [-0.4, -0.2) is 38.2 Å². The van der Waals surface area contributed by atoms with E-state index in [0.717, 1.165) is 24.3 Å². The minimum atomic E-state index is -0.659. The number of fused-ring (bicyclic) bond motifs is 2. The van der Waals surface area contributed by atoms with Gasteiger partial charge in [-0.2, -0.15) is 0 Å². The molecule has 0 saturated carbocycles. The lowest BCUT2D eigenvalue weighted by molar-refractivity contribution is -0.0373. The first-order valence-corrected chi connectivity index (χ1v) is 6.47. The number of rotatable bonds is 0. The first-order valence-electron chi connectivity index (χ1n) is 6.47. The van der Waals surface area contributed by atoms with Crippen LogP contribution in [0.1, 0.15) is 18.4 Å². The second-order valence-electron chi connectivity index (χ2n) is 5.39. The Hall–Kier alpha value is -1.62. The van der Waals surface area contributed by atoms with Crippen molar-refractivity contribution in [3.8, 4) is 0 Å². The van der Waals surface area contributed by atoms with Crippen molar-refractivity contribution in [3.05, 3.63) is 29.6 Å². The van der Waals surface area contributed by atoms with Gasteiger partial charge in [-0.05, 0) is 25.2 Å². The van der Waals surface area contributed by atoms with Gasteiger partial charge in [-0.1, -0.05) is 0 Å². The van der Waals surface area contributed by atoms with Crippen LogP contribution >= 0.6 is 0 Å². The number of hydrogen-bond donors (Lipinski definition) is 0. The zero-order valence-electron chi connectivity index (χ0n) is 11.1. The SMILES string of the molecule is CN1CCC2(CC1)OC(=O)N(C)c1ccc(F)cc12. The van der Waals surface area contributed by atoms with E-state index in [1.54, 1.807) is 13.1 Å². The third kappa shape index (κ3) is 1.89. The van der Waals surface area contributed by atoms with Gasteiger partial charge >= 0.3 is 6.09 Å². The van der Waals surface area contributed by atoms with Crippen molar-refractivity contribution in [1.82, 2.24) is 4.90 Å². The highest BCUT2D eigenvalue weighted by Gasteiger charge is 2.45. The summed E-state index contributed by atoms with van der Waals surface area (Å²) in [5.74, 6) is -0.289. The smallest absolute Gasteiger partial charge is 0.414 e. The molecule has 1 aromatic carbocycles. The average molecular weight is 264 g/mol. The van der Waals surface area contributed by atoms with Crippen LogP contribution in [0.5, 0.6) is 0 Å².